The molecule has 9 heteroatoms. The van der Waals surface area contributed by atoms with Crippen molar-refractivity contribution in [3.05, 3.63) is 59.8 Å². The first-order valence-electron chi connectivity index (χ1n) is 13.2. The summed E-state index contributed by atoms with van der Waals surface area (Å²) >= 11 is 0. The Labute approximate surface area is 218 Å². The number of primary amides is 1. The Kier molecular flexibility index (Phi) is 7.95. The van der Waals surface area contributed by atoms with Crippen molar-refractivity contribution in [3.63, 3.8) is 0 Å². The highest BCUT2D eigenvalue weighted by Gasteiger charge is 2.30. The second-order valence-corrected chi connectivity index (χ2v) is 12.2. The summed E-state index contributed by atoms with van der Waals surface area (Å²) < 4.78 is 33.1. The molecule has 3 heterocycles. The molecule has 2 fully saturated rings. The number of sulfonamides is 1. The fourth-order valence-electron chi connectivity index (χ4n) is 5.66. The number of H-pyrrole nitrogens is 1. The lowest BCUT2D eigenvalue weighted by Crippen LogP contribution is -2.41. The van der Waals surface area contributed by atoms with Gasteiger partial charge in [0.1, 0.15) is 0 Å². The minimum atomic E-state index is -3.27. The number of nitrogens with zero attached hydrogens (tertiary/aromatic N) is 2. The first kappa shape index (κ1) is 25.9. The summed E-state index contributed by atoms with van der Waals surface area (Å²) in [6, 6.07) is 14.3. The number of morpholine rings is 1. The Bertz CT molecular complexity index is 1320. The molecule has 3 aromatic rings. The topological polar surface area (TPSA) is 109 Å². The molecule has 0 saturated carbocycles. The maximum absolute atomic E-state index is 13.0. The summed E-state index contributed by atoms with van der Waals surface area (Å²) in [4.78, 5) is 17.5. The van der Waals surface area contributed by atoms with E-state index in [1.165, 1.54) is 5.56 Å². The van der Waals surface area contributed by atoms with Gasteiger partial charge in [0, 0.05) is 43.3 Å². The minimum absolute atomic E-state index is 0.165. The van der Waals surface area contributed by atoms with Gasteiger partial charge in [-0.3, -0.25) is 9.69 Å². The van der Waals surface area contributed by atoms with Crippen LogP contribution in [0.3, 0.4) is 0 Å². The lowest BCUT2D eigenvalue weighted by molar-refractivity contribution is -0.117. The summed E-state index contributed by atoms with van der Waals surface area (Å²) in [7, 11) is -3.27. The van der Waals surface area contributed by atoms with E-state index in [0.717, 1.165) is 73.3 Å². The number of fused-ring (bicyclic) bond motifs is 1. The molecule has 2 aliphatic heterocycles. The largest absolute Gasteiger partial charge is 0.379 e. The summed E-state index contributed by atoms with van der Waals surface area (Å²) in [6.07, 6.45) is 4.39. The molecule has 0 spiro atoms. The number of nitrogens with two attached hydrogens (primary N) is 1. The highest BCUT2D eigenvalue weighted by Crippen LogP contribution is 2.37. The fraction of sp³-hybridized carbons (Fsp3) is 0.464. The van der Waals surface area contributed by atoms with Crippen LogP contribution >= 0.6 is 0 Å². The first-order valence-corrected chi connectivity index (χ1v) is 14.8. The third kappa shape index (κ3) is 6.06. The lowest BCUT2D eigenvalue weighted by atomic mass is 9.88. The number of carbonyl (C=O) groups is 1. The molecule has 0 bridgehead atoms. The molecule has 2 saturated heterocycles. The molecule has 0 radical (unpaired) electrons. The van der Waals surface area contributed by atoms with Gasteiger partial charge in [-0.2, -0.15) is 0 Å². The third-order valence-corrected chi connectivity index (χ3v) is 9.60. The molecule has 2 aliphatic rings. The lowest BCUT2D eigenvalue weighted by Gasteiger charge is -2.32. The molecule has 0 unspecified atom stereocenters. The highest BCUT2D eigenvalue weighted by atomic mass is 32.2. The van der Waals surface area contributed by atoms with Gasteiger partial charge >= 0.3 is 0 Å². The van der Waals surface area contributed by atoms with Gasteiger partial charge < -0.3 is 15.5 Å². The third-order valence-electron chi connectivity index (χ3n) is 7.64. The average molecular weight is 525 g/mol. The number of amides is 1. The number of carbonyl (C=O) groups excluding carboxylic acids is 1. The van der Waals surface area contributed by atoms with Gasteiger partial charge in [-0.25, -0.2) is 12.7 Å². The van der Waals surface area contributed by atoms with Crippen molar-refractivity contribution < 1.29 is 17.9 Å². The van der Waals surface area contributed by atoms with Crippen molar-refractivity contribution >= 4 is 26.8 Å². The van der Waals surface area contributed by atoms with E-state index in [0.29, 0.717) is 19.5 Å². The standard InChI is InChI=1S/C28H36N4O4S/c29-27(33)19-24-17-23(21-5-2-1-3-6-21)18-25-26(20-30-28(24)25)22-7-10-32(11-8-22)37(34,35)16-4-9-31-12-14-36-15-13-31/h1-3,5-6,17-18,20,22,30H,4,7-16,19H2,(H2,29,33). The summed E-state index contributed by atoms with van der Waals surface area (Å²) in [6.45, 7) is 5.07. The SMILES string of the molecule is NC(=O)Cc1cc(-c2ccccc2)cc2c(C3CCN(S(=O)(=O)CCCN4CCOCC4)CC3)c[nH]c12. The van der Waals surface area contributed by atoms with Crippen LogP contribution in [-0.4, -0.2) is 80.2 Å². The van der Waals surface area contributed by atoms with E-state index >= 15 is 0 Å². The normalized spacial score (nSPS) is 18.4. The highest BCUT2D eigenvalue weighted by molar-refractivity contribution is 7.89. The van der Waals surface area contributed by atoms with Gasteiger partial charge in [-0.05, 0) is 66.1 Å². The molecule has 198 valence electrons. The molecule has 0 aliphatic carbocycles. The van der Waals surface area contributed by atoms with Crippen molar-refractivity contribution in [2.24, 2.45) is 5.73 Å². The van der Waals surface area contributed by atoms with Gasteiger partial charge in [0.05, 0.1) is 25.4 Å². The summed E-state index contributed by atoms with van der Waals surface area (Å²) in [5.41, 5.74) is 10.7. The van der Waals surface area contributed by atoms with E-state index < -0.39 is 10.0 Å². The Hall–Kier alpha value is -2.72. The minimum Gasteiger partial charge on any atom is -0.379 e. The second kappa shape index (κ2) is 11.3. The summed E-state index contributed by atoms with van der Waals surface area (Å²) in [5.74, 6) is 0.0785. The number of rotatable bonds is 9. The average Bonchev–Trinajstić information content (AvgIpc) is 3.34. The van der Waals surface area contributed by atoms with Crippen LogP contribution in [0.15, 0.2) is 48.7 Å². The number of aromatic nitrogens is 1. The molecule has 37 heavy (non-hydrogen) atoms. The van der Waals surface area contributed by atoms with Crippen molar-refractivity contribution in [2.45, 2.75) is 31.6 Å². The van der Waals surface area contributed by atoms with Crippen LogP contribution in [-0.2, 0) is 26.0 Å². The number of hydrogen-bond acceptors (Lipinski definition) is 5. The van der Waals surface area contributed by atoms with Crippen LogP contribution < -0.4 is 5.73 Å². The van der Waals surface area contributed by atoms with Crippen LogP contribution in [0, 0.1) is 0 Å². The summed E-state index contributed by atoms with van der Waals surface area (Å²) in [5, 5.41) is 1.09. The van der Waals surface area contributed by atoms with E-state index in [1.54, 1.807) is 4.31 Å². The Balaban J connectivity index is 1.29. The first-order chi connectivity index (χ1) is 17.9. The number of aromatic amines is 1. The van der Waals surface area contributed by atoms with Gasteiger partial charge in [-0.1, -0.05) is 30.3 Å². The van der Waals surface area contributed by atoms with Crippen LogP contribution in [0.2, 0.25) is 0 Å². The molecule has 2 aromatic carbocycles. The van der Waals surface area contributed by atoms with Gasteiger partial charge in [0.15, 0.2) is 0 Å². The maximum Gasteiger partial charge on any atom is 0.221 e. The van der Waals surface area contributed by atoms with Gasteiger partial charge in [0.2, 0.25) is 15.9 Å². The zero-order valence-electron chi connectivity index (χ0n) is 21.2. The number of piperidine rings is 1. The van der Waals surface area contributed by atoms with Crippen molar-refractivity contribution in [2.75, 3.05) is 51.7 Å². The van der Waals surface area contributed by atoms with E-state index in [1.807, 2.05) is 30.5 Å². The Morgan fingerprint density at radius 1 is 1.03 bits per heavy atom. The van der Waals surface area contributed by atoms with E-state index in [-0.39, 0.29) is 24.0 Å². The van der Waals surface area contributed by atoms with Gasteiger partial charge in [0.25, 0.3) is 0 Å². The predicted molar refractivity (Wildman–Crippen MR) is 146 cm³/mol. The maximum atomic E-state index is 13.0. The quantitative estimate of drug-likeness (QED) is 0.447. The number of benzene rings is 2. The molecule has 8 nitrogen and oxygen atoms in total. The molecule has 1 aromatic heterocycles. The Morgan fingerprint density at radius 2 is 1.76 bits per heavy atom. The molecule has 3 N–H and O–H groups in total. The predicted octanol–water partition coefficient (Wildman–Crippen LogP) is 3.09. The monoisotopic (exact) mass is 524 g/mol. The van der Waals surface area contributed by atoms with E-state index in [2.05, 4.69) is 28.1 Å². The Morgan fingerprint density at radius 3 is 2.46 bits per heavy atom. The molecular weight excluding hydrogens is 488 g/mol. The van der Waals surface area contributed by atoms with Crippen LogP contribution in [0.1, 0.15) is 36.3 Å². The number of ether oxygens (including phenoxy) is 1. The number of nitrogens with one attached hydrogen (secondary N) is 1. The van der Waals surface area contributed by atoms with Crippen molar-refractivity contribution in [1.29, 1.82) is 0 Å². The molecule has 1 amide bonds. The zero-order valence-corrected chi connectivity index (χ0v) is 22.0. The van der Waals surface area contributed by atoms with Crippen LogP contribution in [0.25, 0.3) is 22.0 Å². The fourth-order valence-corrected chi connectivity index (χ4v) is 7.18. The van der Waals surface area contributed by atoms with Crippen molar-refractivity contribution in [1.82, 2.24) is 14.2 Å². The van der Waals surface area contributed by atoms with E-state index in [9.17, 15) is 13.2 Å². The second-order valence-electron chi connectivity index (χ2n) is 10.1. The zero-order chi connectivity index (χ0) is 25.8. The molecular formula is C28H36N4O4S. The number of hydrogen-bond donors (Lipinski definition) is 2. The van der Waals surface area contributed by atoms with Crippen molar-refractivity contribution in [3.8, 4) is 11.1 Å². The smallest absolute Gasteiger partial charge is 0.221 e. The van der Waals surface area contributed by atoms with Crippen LogP contribution in [0.5, 0.6) is 0 Å². The van der Waals surface area contributed by atoms with E-state index in [4.69, 9.17) is 10.5 Å². The van der Waals surface area contributed by atoms with Crippen LogP contribution in [0.4, 0.5) is 0 Å². The van der Waals surface area contributed by atoms with Gasteiger partial charge in [-0.15, -0.1) is 0 Å². The molecule has 0 atom stereocenters. The molecule has 5 rings (SSSR count).